The van der Waals surface area contributed by atoms with Crippen molar-refractivity contribution < 1.29 is 17.6 Å². The monoisotopic (exact) mass is 370 g/mol. The number of sulfonamides is 1. The Kier molecular flexibility index (Phi) is 5.58. The first kappa shape index (κ1) is 18.4. The third-order valence-corrected chi connectivity index (χ3v) is 4.98. The zero-order chi connectivity index (χ0) is 17.9. The van der Waals surface area contributed by atoms with Crippen molar-refractivity contribution in [2.45, 2.75) is 6.04 Å². The Hall–Kier alpha value is -1.96. The largest absolute Gasteiger partial charge is 0.324 e. The molecule has 0 heterocycles. The summed E-state index contributed by atoms with van der Waals surface area (Å²) in [6.07, 6.45) is 1.02. The molecule has 0 spiro atoms. The van der Waals surface area contributed by atoms with Gasteiger partial charge in [0, 0.05) is 12.7 Å². The van der Waals surface area contributed by atoms with Crippen LogP contribution in [0.4, 0.5) is 10.1 Å². The van der Waals surface area contributed by atoms with Crippen molar-refractivity contribution in [1.29, 1.82) is 0 Å². The van der Waals surface area contributed by atoms with Crippen LogP contribution in [-0.2, 0) is 14.8 Å². The molecule has 8 heteroatoms. The van der Waals surface area contributed by atoms with Crippen molar-refractivity contribution in [2.75, 3.05) is 18.6 Å². The molecular weight excluding hydrogens is 355 g/mol. The van der Waals surface area contributed by atoms with E-state index in [0.717, 1.165) is 16.6 Å². The number of nitrogens with one attached hydrogen (secondary N) is 1. The fraction of sp³-hybridized carbons (Fsp3) is 0.188. The summed E-state index contributed by atoms with van der Waals surface area (Å²) in [5.74, 6) is -1.18. The Morgan fingerprint density at radius 3 is 2.38 bits per heavy atom. The first-order chi connectivity index (χ1) is 11.2. The van der Waals surface area contributed by atoms with E-state index in [1.54, 1.807) is 30.3 Å². The quantitative estimate of drug-likeness (QED) is 0.879. The van der Waals surface area contributed by atoms with Crippen molar-refractivity contribution in [1.82, 2.24) is 4.31 Å². The maximum Gasteiger partial charge on any atom is 0.247 e. The molecule has 0 saturated carbocycles. The number of carbonyl (C=O) groups excluding carboxylic acids is 1. The summed E-state index contributed by atoms with van der Waals surface area (Å²) < 4.78 is 37.9. The summed E-state index contributed by atoms with van der Waals surface area (Å²) in [6.45, 7) is 0. The molecule has 1 atom stereocenters. The van der Waals surface area contributed by atoms with Crippen LogP contribution in [0.3, 0.4) is 0 Å². The lowest BCUT2D eigenvalue weighted by Crippen LogP contribution is -2.38. The van der Waals surface area contributed by atoms with Crippen LogP contribution in [0.25, 0.3) is 0 Å². The third-order valence-electron chi connectivity index (χ3n) is 3.44. The topological polar surface area (TPSA) is 66.5 Å². The van der Waals surface area contributed by atoms with Crippen LogP contribution >= 0.6 is 11.6 Å². The van der Waals surface area contributed by atoms with E-state index in [0.29, 0.717) is 5.56 Å². The summed E-state index contributed by atoms with van der Waals surface area (Å²) in [5.41, 5.74) is 0.783. The molecule has 0 aromatic heterocycles. The van der Waals surface area contributed by atoms with Gasteiger partial charge in [-0.2, -0.15) is 4.31 Å². The number of anilines is 1. The van der Waals surface area contributed by atoms with Crippen molar-refractivity contribution >= 4 is 33.2 Å². The van der Waals surface area contributed by atoms with Crippen LogP contribution in [0.15, 0.2) is 48.5 Å². The highest BCUT2D eigenvalue weighted by molar-refractivity contribution is 7.88. The van der Waals surface area contributed by atoms with E-state index in [1.165, 1.54) is 19.2 Å². The van der Waals surface area contributed by atoms with E-state index in [1.807, 2.05) is 0 Å². The molecule has 0 aliphatic heterocycles. The molecule has 0 saturated heterocycles. The molecule has 0 fully saturated rings. The molecule has 24 heavy (non-hydrogen) atoms. The second kappa shape index (κ2) is 7.29. The average molecular weight is 371 g/mol. The molecule has 128 valence electrons. The Labute approximate surface area is 145 Å². The molecule has 1 unspecified atom stereocenters. The number of hydrogen-bond donors (Lipinski definition) is 1. The normalized spacial score (nSPS) is 12.9. The Bertz CT molecular complexity index is 844. The zero-order valence-electron chi connectivity index (χ0n) is 13.0. The highest BCUT2D eigenvalue weighted by atomic mass is 35.5. The van der Waals surface area contributed by atoms with Gasteiger partial charge in [-0.25, -0.2) is 12.8 Å². The van der Waals surface area contributed by atoms with Crippen molar-refractivity contribution in [3.63, 3.8) is 0 Å². The Morgan fingerprint density at radius 2 is 1.83 bits per heavy atom. The smallest absolute Gasteiger partial charge is 0.247 e. The molecule has 0 bridgehead atoms. The van der Waals surface area contributed by atoms with Gasteiger partial charge < -0.3 is 5.32 Å². The molecule has 0 radical (unpaired) electrons. The van der Waals surface area contributed by atoms with E-state index < -0.39 is 27.8 Å². The Balaban J connectivity index is 2.36. The van der Waals surface area contributed by atoms with E-state index in [2.05, 4.69) is 5.32 Å². The SMILES string of the molecule is CN(C(C(=O)Nc1ccc(F)c(Cl)c1)c1ccccc1)S(C)(=O)=O. The number of carbonyl (C=O) groups is 1. The van der Waals surface area contributed by atoms with Crippen LogP contribution in [0.2, 0.25) is 5.02 Å². The van der Waals surface area contributed by atoms with Gasteiger partial charge in [-0.3, -0.25) is 4.79 Å². The maximum absolute atomic E-state index is 13.2. The summed E-state index contributed by atoms with van der Waals surface area (Å²) >= 11 is 5.70. The molecule has 0 aliphatic carbocycles. The highest BCUT2D eigenvalue weighted by Gasteiger charge is 2.30. The minimum atomic E-state index is -3.62. The lowest BCUT2D eigenvalue weighted by molar-refractivity contribution is -0.119. The molecule has 0 aliphatic rings. The fourth-order valence-electron chi connectivity index (χ4n) is 2.14. The lowest BCUT2D eigenvalue weighted by atomic mass is 10.1. The number of likely N-dealkylation sites (N-methyl/N-ethyl adjacent to an activating group) is 1. The number of nitrogens with zero attached hydrogens (tertiary/aromatic N) is 1. The van der Waals surface area contributed by atoms with Crippen molar-refractivity contribution in [2.24, 2.45) is 0 Å². The van der Waals surface area contributed by atoms with E-state index in [-0.39, 0.29) is 10.7 Å². The van der Waals surface area contributed by atoms with Gasteiger partial charge in [0.2, 0.25) is 15.9 Å². The number of hydrogen-bond acceptors (Lipinski definition) is 3. The molecule has 2 rings (SSSR count). The van der Waals surface area contributed by atoms with Gasteiger partial charge in [-0.15, -0.1) is 0 Å². The first-order valence-electron chi connectivity index (χ1n) is 6.94. The molecule has 1 N–H and O–H groups in total. The minimum Gasteiger partial charge on any atom is -0.324 e. The van der Waals surface area contributed by atoms with Gasteiger partial charge in [0.15, 0.2) is 0 Å². The minimum absolute atomic E-state index is 0.138. The van der Waals surface area contributed by atoms with Crippen LogP contribution in [0.1, 0.15) is 11.6 Å². The summed E-state index contributed by atoms with van der Waals surface area (Å²) in [7, 11) is -2.29. The highest BCUT2D eigenvalue weighted by Crippen LogP contribution is 2.25. The number of halogens is 2. The summed E-state index contributed by atoms with van der Waals surface area (Å²) in [6, 6.07) is 11.2. The average Bonchev–Trinajstić information content (AvgIpc) is 2.51. The fourth-order valence-corrected chi connectivity index (χ4v) is 2.92. The predicted octanol–water partition coefficient (Wildman–Crippen LogP) is 3.05. The number of amides is 1. The van der Waals surface area contributed by atoms with Crippen LogP contribution in [0.5, 0.6) is 0 Å². The van der Waals surface area contributed by atoms with E-state index in [9.17, 15) is 17.6 Å². The molecule has 5 nitrogen and oxygen atoms in total. The maximum atomic E-state index is 13.2. The van der Waals surface area contributed by atoms with Crippen molar-refractivity contribution in [3.8, 4) is 0 Å². The van der Waals surface area contributed by atoms with E-state index in [4.69, 9.17) is 11.6 Å². The van der Waals surface area contributed by atoms with Gasteiger partial charge in [0.05, 0.1) is 11.3 Å². The van der Waals surface area contributed by atoms with Gasteiger partial charge >= 0.3 is 0 Å². The van der Waals surface area contributed by atoms with E-state index >= 15 is 0 Å². The zero-order valence-corrected chi connectivity index (χ0v) is 14.6. The molecular formula is C16H16ClFN2O3S. The number of benzene rings is 2. The Morgan fingerprint density at radius 1 is 1.21 bits per heavy atom. The summed E-state index contributed by atoms with van der Waals surface area (Å²) in [5, 5.41) is 2.43. The van der Waals surface area contributed by atoms with Gasteiger partial charge in [0.1, 0.15) is 11.9 Å². The van der Waals surface area contributed by atoms with Crippen LogP contribution < -0.4 is 5.32 Å². The molecule has 1 amide bonds. The second-order valence-corrected chi connectivity index (χ2v) is 7.66. The first-order valence-corrected chi connectivity index (χ1v) is 9.16. The number of rotatable bonds is 5. The standard InChI is InChI=1S/C16H16ClFN2O3S/c1-20(24(2,22)23)15(11-6-4-3-5-7-11)16(21)19-12-8-9-14(18)13(17)10-12/h3-10,15H,1-2H3,(H,19,21). The van der Waals surface area contributed by atoms with Crippen LogP contribution in [-0.4, -0.2) is 31.9 Å². The van der Waals surface area contributed by atoms with Gasteiger partial charge in [0.25, 0.3) is 0 Å². The predicted molar refractivity (Wildman–Crippen MR) is 91.8 cm³/mol. The lowest BCUT2D eigenvalue weighted by Gasteiger charge is -2.25. The molecule has 2 aromatic rings. The summed E-state index contributed by atoms with van der Waals surface area (Å²) in [4.78, 5) is 12.6. The third kappa shape index (κ3) is 4.31. The molecule has 2 aromatic carbocycles. The van der Waals surface area contributed by atoms with Gasteiger partial charge in [-0.1, -0.05) is 41.9 Å². The van der Waals surface area contributed by atoms with Crippen molar-refractivity contribution in [3.05, 3.63) is 64.9 Å². The van der Waals surface area contributed by atoms with Crippen LogP contribution in [0, 0.1) is 5.82 Å². The second-order valence-electron chi connectivity index (χ2n) is 5.21. The van der Waals surface area contributed by atoms with Gasteiger partial charge in [-0.05, 0) is 23.8 Å².